The fourth-order valence-corrected chi connectivity index (χ4v) is 3.60. The van der Waals surface area contributed by atoms with Gasteiger partial charge in [0.1, 0.15) is 6.61 Å². The minimum atomic E-state index is -0.351. The number of nitrogens with zero attached hydrogens (tertiary/aromatic N) is 3. The lowest BCUT2D eigenvalue weighted by Crippen LogP contribution is -2.52. The van der Waals surface area contributed by atoms with Crippen molar-refractivity contribution in [1.29, 1.82) is 0 Å². The highest BCUT2D eigenvalue weighted by atomic mass is 16.6. The van der Waals surface area contributed by atoms with E-state index in [1.54, 1.807) is 14.7 Å². The summed E-state index contributed by atoms with van der Waals surface area (Å²) in [5.41, 5.74) is 0.946. The van der Waals surface area contributed by atoms with Crippen LogP contribution in [-0.2, 0) is 20.9 Å². The van der Waals surface area contributed by atoms with Gasteiger partial charge in [0.25, 0.3) is 0 Å². The maximum Gasteiger partial charge on any atom is 0.410 e. The number of hydrogen-bond acceptors (Lipinski definition) is 4. The van der Waals surface area contributed by atoms with Gasteiger partial charge in [0.2, 0.25) is 11.8 Å². The van der Waals surface area contributed by atoms with Crippen molar-refractivity contribution in [2.24, 2.45) is 5.92 Å². The van der Waals surface area contributed by atoms with Crippen LogP contribution in [0.4, 0.5) is 4.79 Å². The topological polar surface area (TPSA) is 70.2 Å². The normalized spacial score (nSPS) is 20.1. The average Bonchev–Trinajstić information content (AvgIpc) is 3.07. The third kappa shape index (κ3) is 4.78. The SMILES string of the molecule is CCCN1CC(C(=O)N2CCN(C(=O)OCc3ccccc3)CC2)CC1=O. The summed E-state index contributed by atoms with van der Waals surface area (Å²) < 4.78 is 5.35. The quantitative estimate of drug-likeness (QED) is 0.788. The predicted molar refractivity (Wildman–Crippen MR) is 99.8 cm³/mol. The molecule has 0 aromatic heterocycles. The second-order valence-corrected chi connectivity index (χ2v) is 7.09. The molecular formula is C20H27N3O4. The van der Waals surface area contributed by atoms with E-state index in [-0.39, 0.29) is 30.4 Å². The first kappa shape index (κ1) is 19.2. The van der Waals surface area contributed by atoms with Crippen LogP contribution in [0.25, 0.3) is 0 Å². The standard InChI is InChI=1S/C20H27N3O4/c1-2-8-23-14-17(13-18(23)24)19(25)21-9-11-22(12-10-21)20(26)27-15-16-6-4-3-5-7-16/h3-7,17H,2,8-15H2,1H3. The molecule has 27 heavy (non-hydrogen) atoms. The molecule has 2 aliphatic rings. The molecule has 0 saturated carbocycles. The number of amides is 3. The van der Waals surface area contributed by atoms with Gasteiger partial charge in [0, 0.05) is 45.7 Å². The smallest absolute Gasteiger partial charge is 0.410 e. The molecule has 1 aromatic rings. The van der Waals surface area contributed by atoms with Gasteiger partial charge in [-0.2, -0.15) is 0 Å². The summed E-state index contributed by atoms with van der Waals surface area (Å²) in [5, 5.41) is 0. The molecule has 0 N–H and O–H groups in total. The maximum absolute atomic E-state index is 12.7. The summed E-state index contributed by atoms with van der Waals surface area (Å²) in [6.45, 7) is 5.39. The Labute approximate surface area is 159 Å². The summed E-state index contributed by atoms with van der Waals surface area (Å²) in [5.74, 6) is -0.154. The number of hydrogen-bond donors (Lipinski definition) is 0. The van der Waals surface area contributed by atoms with Gasteiger partial charge in [-0.15, -0.1) is 0 Å². The van der Waals surface area contributed by atoms with Gasteiger partial charge in [-0.3, -0.25) is 9.59 Å². The molecule has 7 heteroatoms. The molecule has 2 aliphatic heterocycles. The number of rotatable bonds is 5. The zero-order valence-corrected chi connectivity index (χ0v) is 15.8. The Hall–Kier alpha value is -2.57. The van der Waals surface area contributed by atoms with Crippen molar-refractivity contribution in [3.05, 3.63) is 35.9 Å². The number of benzene rings is 1. The van der Waals surface area contributed by atoms with Gasteiger partial charge in [-0.05, 0) is 12.0 Å². The monoisotopic (exact) mass is 373 g/mol. The van der Waals surface area contributed by atoms with E-state index in [1.807, 2.05) is 37.3 Å². The summed E-state index contributed by atoms with van der Waals surface area (Å²) >= 11 is 0. The van der Waals surface area contributed by atoms with Crippen molar-refractivity contribution in [1.82, 2.24) is 14.7 Å². The second-order valence-electron chi connectivity index (χ2n) is 7.09. The summed E-state index contributed by atoms with van der Waals surface area (Å²) in [6.07, 6.45) is 0.852. The largest absolute Gasteiger partial charge is 0.445 e. The highest BCUT2D eigenvalue weighted by Gasteiger charge is 2.37. The van der Waals surface area contributed by atoms with Crippen LogP contribution in [0, 0.1) is 5.92 Å². The van der Waals surface area contributed by atoms with Gasteiger partial charge in [0.05, 0.1) is 5.92 Å². The number of carbonyl (C=O) groups is 3. The molecule has 1 aromatic carbocycles. The fourth-order valence-electron chi connectivity index (χ4n) is 3.60. The van der Waals surface area contributed by atoms with Crippen molar-refractivity contribution < 1.29 is 19.1 Å². The zero-order valence-electron chi connectivity index (χ0n) is 15.8. The Morgan fingerprint density at radius 1 is 1.07 bits per heavy atom. The molecule has 146 valence electrons. The zero-order chi connectivity index (χ0) is 19.2. The van der Waals surface area contributed by atoms with Crippen molar-refractivity contribution in [3.8, 4) is 0 Å². The molecule has 2 heterocycles. The van der Waals surface area contributed by atoms with E-state index in [2.05, 4.69) is 0 Å². The Bertz CT molecular complexity index is 671. The number of carbonyl (C=O) groups excluding carboxylic acids is 3. The number of ether oxygens (including phenoxy) is 1. The van der Waals surface area contributed by atoms with Crippen LogP contribution in [0.2, 0.25) is 0 Å². The lowest BCUT2D eigenvalue weighted by atomic mass is 10.1. The Balaban J connectivity index is 1.44. The fraction of sp³-hybridized carbons (Fsp3) is 0.550. The van der Waals surface area contributed by atoms with Crippen LogP contribution >= 0.6 is 0 Å². The van der Waals surface area contributed by atoms with Gasteiger partial charge >= 0.3 is 6.09 Å². The van der Waals surface area contributed by atoms with Gasteiger partial charge in [-0.1, -0.05) is 37.3 Å². The highest BCUT2D eigenvalue weighted by Crippen LogP contribution is 2.21. The molecule has 1 atom stereocenters. The van der Waals surface area contributed by atoms with E-state index >= 15 is 0 Å². The van der Waals surface area contributed by atoms with Crippen LogP contribution in [-0.4, -0.2) is 71.9 Å². The Morgan fingerprint density at radius 2 is 1.74 bits per heavy atom. The molecule has 3 amide bonds. The lowest BCUT2D eigenvalue weighted by Gasteiger charge is -2.35. The molecule has 0 bridgehead atoms. The number of piperazine rings is 1. The van der Waals surface area contributed by atoms with Gasteiger partial charge in [0.15, 0.2) is 0 Å². The molecule has 3 rings (SSSR count). The van der Waals surface area contributed by atoms with Gasteiger partial charge in [-0.25, -0.2) is 4.79 Å². The molecular weight excluding hydrogens is 346 g/mol. The van der Waals surface area contributed by atoms with Crippen molar-refractivity contribution in [2.45, 2.75) is 26.4 Å². The van der Waals surface area contributed by atoms with E-state index in [1.165, 1.54) is 0 Å². The third-order valence-electron chi connectivity index (χ3n) is 5.11. The predicted octanol–water partition coefficient (Wildman–Crippen LogP) is 1.73. The summed E-state index contributed by atoms with van der Waals surface area (Å²) in [4.78, 5) is 42.1. The van der Waals surface area contributed by atoms with Crippen LogP contribution in [0.5, 0.6) is 0 Å². The minimum absolute atomic E-state index is 0.0271. The molecule has 1 unspecified atom stereocenters. The van der Waals surface area contributed by atoms with E-state index in [4.69, 9.17) is 4.74 Å². The van der Waals surface area contributed by atoms with Gasteiger partial charge < -0.3 is 19.4 Å². The first-order valence-corrected chi connectivity index (χ1v) is 9.60. The minimum Gasteiger partial charge on any atom is -0.445 e. The Kier molecular flexibility index (Phi) is 6.32. The van der Waals surface area contributed by atoms with E-state index in [0.29, 0.717) is 45.7 Å². The lowest BCUT2D eigenvalue weighted by molar-refractivity contribution is -0.137. The molecule has 0 spiro atoms. The van der Waals surface area contributed by atoms with Crippen LogP contribution in [0.3, 0.4) is 0 Å². The average molecular weight is 373 g/mol. The number of likely N-dealkylation sites (tertiary alicyclic amines) is 1. The van der Waals surface area contributed by atoms with Crippen molar-refractivity contribution in [3.63, 3.8) is 0 Å². The van der Waals surface area contributed by atoms with E-state index < -0.39 is 0 Å². The summed E-state index contributed by atoms with van der Waals surface area (Å²) in [7, 11) is 0. The van der Waals surface area contributed by atoms with Crippen LogP contribution < -0.4 is 0 Å². The van der Waals surface area contributed by atoms with Crippen LogP contribution in [0.1, 0.15) is 25.3 Å². The van der Waals surface area contributed by atoms with Crippen molar-refractivity contribution in [2.75, 3.05) is 39.3 Å². The maximum atomic E-state index is 12.7. The molecule has 7 nitrogen and oxygen atoms in total. The first-order valence-electron chi connectivity index (χ1n) is 9.60. The highest BCUT2D eigenvalue weighted by molar-refractivity contribution is 5.89. The Morgan fingerprint density at radius 3 is 2.41 bits per heavy atom. The van der Waals surface area contributed by atoms with Crippen molar-refractivity contribution >= 4 is 17.9 Å². The van der Waals surface area contributed by atoms with E-state index in [0.717, 1.165) is 12.0 Å². The molecule has 2 fully saturated rings. The van der Waals surface area contributed by atoms with Crippen LogP contribution in [0.15, 0.2) is 30.3 Å². The second kappa shape index (κ2) is 8.88. The summed E-state index contributed by atoms with van der Waals surface area (Å²) in [6, 6.07) is 9.55. The first-order chi connectivity index (χ1) is 13.1. The molecule has 0 radical (unpaired) electrons. The molecule has 2 saturated heterocycles. The third-order valence-corrected chi connectivity index (χ3v) is 5.11. The van der Waals surface area contributed by atoms with E-state index in [9.17, 15) is 14.4 Å². The molecule has 0 aliphatic carbocycles.